The van der Waals surface area contributed by atoms with E-state index in [1.54, 1.807) is 0 Å². The van der Waals surface area contributed by atoms with E-state index in [1.807, 2.05) is 48.5 Å². The topological polar surface area (TPSA) is 30.5 Å². The van der Waals surface area contributed by atoms with Crippen molar-refractivity contribution < 1.29 is 9.47 Å². The third-order valence-corrected chi connectivity index (χ3v) is 3.43. The lowest BCUT2D eigenvalue weighted by atomic mass is 10.0. The number of benzene rings is 2. The maximum absolute atomic E-state index is 6.18. The van der Waals surface area contributed by atoms with Crippen LogP contribution in [0.1, 0.15) is 11.7 Å². The Kier molecular flexibility index (Phi) is 4.31. The third-order valence-electron chi connectivity index (χ3n) is 3.43. The van der Waals surface area contributed by atoms with Gasteiger partial charge < -0.3 is 14.8 Å². The van der Waals surface area contributed by atoms with Crippen LogP contribution in [0.4, 0.5) is 0 Å². The molecule has 20 heavy (non-hydrogen) atoms. The van der Waals surface area contributed by atoms with E-state index in [9.17, 15) is 0 Å². The van der Waals surface area contributed by atoms with E-state index < -0.39 is 0 Å². The van der Waals surface area contributed by atoms with Gasteiger partial charge >= 0.3 is 0 Å². The highest BCUT2D eigenvalue weighted by Crippen LogP contribution is 2.27. The molecule has 0 aliphatic carbocycles. The van der Waals surface area contributed by atoms with E-state index in [4.69, 9.17) is 9.47 Å². The minimum atomic E-state index is -0.0913. The van der Waals surface area contributed by atoms with E-state index in [1.165, 1.54) is 0 Å². The smallest absolute Gasteiger partial charge is 0.151 e. The van der Waals surface area contributed by atoms with Crippen molar-refractivity contribution in [2.45, 2.75) is 12.2 Å². The molecule has 1 saturated heterocycles. The summed E-state index contributed by atoms with van der Waals surface area (Å²) >= 11 is 0. The lowest BCUT2D eigenvalue weighted by molar-refractivity contribution is -0.0432. The van der Waals surface area contributed by atoms with Crippen LogP contribution in [0.2, 0.25) is 0 Å². The zero-order valence-corrected chi connectivity index (χ0v) is 11.4. The molecule has 2 unspecified atom stereocenters. The molecule has 0 bridgehead atoms. The van der Waals surface area contributed by atoms with E-state index in [2.05, 4.69) is 17.4 Å². The molecule has 1 fully saturated rings. The van der Waals surface area contributed by atoms with Gasteiger partial charge in [-0.25, -0.2) is 0 Å². The Bertz CT molecular complexity index is 509. The second-order valence-electron chi connectivity index (χ2n) is 4.88. The fourth-order valence-electron chi connectivity index (χ4n) is 2.43. The van der Waals surface area contributed by atoms with Crippen molar-refractivity contribution in [2.24, 2.45) is 0 Å². The summed E-state index contributed by atoms with van der Waals surface area (Å²) in [4.78, 5) is 0. The summed E-state index contributed by atoms with van der Waals surface area (Å²) < 4.78 is 12.1. The quantitative estimate of drug-likeness (QED) is 0.926. The van der Waals surface area contributed by atoms with Crippen molar-refractivity contribution in [1.82, 2.24) is 5.32 Å². The third kappa shape index (κ3) is 3.18. The predicted molar refractivity (Wildman–Crippen MR) is 78.9 cm³/mol. The van der Waals surface area contributed by atoms with Crippen LogP contribution in [0.15, 0.2) is 60.7 Å². The molecule has 2 atom stereocenters. The molecular weight excluding hydrogens is 250 g/mol. The zero-order valence-electron chi connectivity index (χ0n) is 11.4. The maximum Gasteiger partial charge on any atom is 0.151 e. The Morgan fingerprint density at radius 1 is 1.00 bits per heavy atom. The highest BCUT2D eigenvalue weighted by atomic mass is 16.5. The standard InChI is InChI=1S/C17H19NO2/c1-3-7-14(8-4-1)17(16-13-18-11-12-19-16)20-15-9-5-2-6-10-15/h1-10,16-18H,11-13H2. The van der Waals surface area contributed by atoms with Crippen molar-refractivity contribution in [3.05, 3.63) is 66.2 Å². The molecule has 1 heterocycles. The fraction of sp³-hybridized carbons (Fsp3) is 0.294. The van der Waals surface area contributed by atoms with Crippen molar-refractivity contribution in [3.8, 4) is 5.75 Å². The normalized spacial score (nSPS) is 20.3. The van der Waals surface area contributed by atoms with Gasteiger partial charge in [0, 0.05) is 13.1 Å². The number of ether oxygens (including phenoxy) is 2. The molecule has 2 aromatic carbocycles. The van der Waals surface area contributed by atoms with E-state index >= 15 is 0 Å². The first-order chi connectivity index (χ1) is 9.93. The van der Waals surface area contributed by atoms with Crippen LogP contribution in [0.3, 0.4) is 0 Å². The predicted octanol–water partition coefficient (Wildman–Crippen LogP) is 2.80. The van der Waals surface area contributed by atoms with Crippen LogP contribution in [-0.2, 0) is 4.74 Å². The molecule has 0 amide bonds. The maximum atomic E-state index is 6.18. The molecule has 1 aliphatic rings. The lowest BCUT2D eigenvalue weighted by Gasteiger charge is -2.31. The van der Waals surface area contributed by atoms with Crippen LogP contribution in [0.25, 0.3) is 0 Å². The fourth-order valence-corrected chi connectivity index (χ4v) is 2.43. The first-order valence-electron chi connectivity index (χ1n) is 7.02. The van der Waals surface area contributed by atoms with Crippen LogP contribution < -0.4 is 10.1 Å². The number of hydrogen-bond acceptors (Lipinski definition) is 3. The molecule has 0 spiro atoms. The number of hydrogen-bond donors (Lipinski definition) is 1. The number of morpholine rings is 1. The summed E-state index contributed by atoms with van der Waals surface area (Å²) in [7, 11) is 0. The molecular formula is C17H19NO2. The molecule has 0 saturated carbocycles. The van der Waals surface area contributed by atoms with Gasteiger partial charge in [0.1, 0.15) is 11.9 Å². The van der Waals surface area contributed by atoms with Gasteiger partial charge in [0.15, 0.2) is 6.10 Å². The van der Waals surface area contributed by atoms with Gasteiger partial charge in [-0.2, -0.15) is 0 Å². The zero-order chi connectivity index (χ0) is 13.6. The van der Waals surface area contributed by atoms with Crippen LogP contribution in [0.5, 0.6) is 5.75 Å². The van der Waals surface area contributed by atoms with Gasteiger partial charge in [0.25, 0.3) is 0 Å². The molecule has 0 aromatic heterocycles. The van der Waals surface area contributed by atoms with Gasteiger partial charge in [-0.1, -0.05) is 48.5 Å². The van der Waals surface area contributed by atoms with Crippen molar-refractivity contribution in [2.75, 3.05) is 19.7 Å². The van der Waals surface area contributed by atoms with Gasteiger partial charge in [-0.3, -0.25) is 0 Å². The SMILES string of the molecule is c1ccc(OC(c2ccccc2)C2CNCCO2)cc1. The first kappa shape index (κ1) is 13.2. The molecule has 3 nitrogen and oxygen atoms in total. The molecule has 104 valence electrons. The van der Waals surface area contributed by atoms with Gasteiger partial charge in [0.2, 0.25) is 0 Å². The summed E-state index contributed by atoms with van der Waals surface area (Å²) in [6, 6.07) is 20.2. The summed E-state index contributed by atoms with van der Waals surface area (Å²) in [6.07, 6.45) is -0.0576. The molecule has 3 rings (SSSR count). The molecule has 2 aromatic rings. The monoisotopic (exact) mass is 269 g/mol. The Morgan fingerprint density at radius 2 is 1.70 bits per heavy atom. The Morgan fingerprint density at radius 3 is 2.35 bits per heavy atom. The average Bonchev–Trinajstić information content (AvgIpc) is 2.55. The van der Waals surface area contributed by atoms with E-state index in [-0.39, 0.29) is 12.2 Å². The Labute approximate surface area is 119 Å². The molecule has 1 N–H and O–H groups in total. The summed E-state index contributed by atoms with van der Waals surface area (Å²) in [5.74, 6) is 0.871. The number of para-hydroxylation sites is 1. The second kappa shape index (κ2) is 6.55. The van der Waals surface area contributed by atoms with Crippen LogP contribution in [0, 0.1) is 0 Å². The van der Waals surface area contributed by atoms with Crippen molar-refractivity contribution >= 4 is 0 Å². The number of rotatable bonds is 4. The largest absolute Gasteiger partial charge is 0.483 e. The molecule has 3 heteroatoms. The minimum absolute atomic E-state index is 0.0337. The minimum Gasteiger partial charge on any atom is -0.483 e. The Balaban J connectivity index is 1.83. The summed E-state index contributed by atoms with van der Waals surface area (Å²) in [6.45, 7) is 2.45. The highest BCUT2D eigenvalue weighted by Gasteiger charge is 2.27. The van der Waals surface area contributed by atoms with Gasteiger partial charge in [-0.05, 0) is 17.7 Å². The molecule has 0 radical (unpaired) electrons. The van der Waals surface area contributed by atoms with Gasteiger partial charge in [0.05, 0.1) is 6.61 Å². The van der Waals surface area contributed by atoms with Crippen molar-refractivity contribution in [3.63, 3.8) is 0 Å². The average molecular weight is 269 g/mol. The summed E-state index contributed by atoms with van der Waals surface area (Å²) in [5.41, 5.74) is 1.14. The van der Waals surface area contributed by atoms with E-state index in [0.717, 1.165) is 31.0 Å². The number of nitrogens with one attached hydrogen (secondary N) is 1. The van der Waals surface area contributed by atoms with E-state index in [0.29, 0.717) is 0 Å². The van der Waals surface area contributed by atoms with Gasteiger partial charge in [-0.15, -0.1) is 0 Å². The molecule has 1 aliphatic heterocycles. The van der Waals surface area contributed by atoms with Crippen molar-refractivity contribution in [1.29, 1.82) is 0 Å². The second-order valence-corrected chi connectivity index (χ2v) is 4.88. The summed E-state index contributed by atoms with van der Waals surface area (Å²) in [5, 5.41) is 3.37. The van der Waals surface area contributed by atoms with Crippen LogP contribution in [-0.4, -0.2) is 25.8 Å². The Hall–Kier alpha value is -1.84. The van der Waals surface area contributed by atoms with Crippen LogP contribution >= 0.6 is 0 Å². The highest BCUT2D eigenvalue weighted by molar-refractivity contribution is 5.25. The first-order valence-corrected chi connectivity index (χ1v) is 7.02. The lowest BCUT2D eigenvalue weighted by Crippen LogP contribution is -2.43.